The first-order chi connectivity index (χ1) is 14.4. The van der Waals surface area contributed by atoms with Crippen LogP contribution in [-0.4, -0.2) is 39.9 Å². The number of non-ortho nitro benzene ring substituents is 1. The molecule has 30 heavy (non-hydrogen) atoms. The van der Waals surface area contributed by atoms with Crippen LogP contribution in [0.4, 0.5) is 11.4 Å². The molecule has 1 heterocycles. The number of hydrogen-bond donors (Lipinski definition) is 1. The highest BCUT2D eigenvalue weighted by molar-refractivity contribution is 7.99. The smallest absolute Gasteiger partial charge is 0.339 e. The van der Waals surface area contributed by atoms with E-state index in [0.29, 0.717) is 11.3 Å². The Kier molecular flexibility index (Phi) is 6.65. The Labute approximate surface area is 178 Å². The first-order valence-corrected chi connectivity index (χ1v) is 9.62. The van der Waals surface area contributed by atoms with Gasteiger partial charge in [0.1, 0.15) is 0 Å². The molecule has 0 unspecified atom stereocenters. The second-order valence-electron chi connectivity index (χ2n) is 5.70. The molecule has 3 aromatic rings. The predicted molar refractivity (Wildman–Crippen MR) is 109 cm³/mol. The third-order valence-electron chi connectivity index (χ3n) is 3.69. The summed E-state index contributed by atoms with van der Waals surface area (Å²) in [5, 5.41) is 21.5. The monoisotopic (exact) mass is 448 g/mol. The van der Waals surface area contributed by atoms with Crippen molar-refractivity contribution in [1.29, 1.82) is 0 Å². The molecule has 0 radical (unpaired) electrons. The van der Waals surface area contributed by atoms with E-state index in [1.54, 1.807) is 12.1 Å². The van der Waals surface area contributed by atoms with Crippen molar-refractivity contribution in [3.05, 3.63) is 63.2 Å². The number of thioether (sulfide) groups is 1. The van der Waals surface area contributed by atoms with Gasteiger partial charge in [-0.1, -0.05) is 29.4 Å². The van der Waals surface area contributed by atoms with Gasteiger partial charge in [-0.2, -0.15) is 0 Å². The summed E-state index contributed by atoms with van der Waals surface area (Å²) < 4.78 is 10.1. The minimum Gasteiger partial charge on any atom is -0.465 e. The number of halogens is 1. The molecule has 154 valence electrons. The van der Waals surface area contributed by atoms with Crippen LogP contribution in [0.2, 0.25) is 5.02 Å². The van der Waals surface area contributed by atoms with E-state index in [0.717, 1.165) is 11.8 Å². The van der Waals surface area contributed by atoms with Crippen LogP contribution < -0.4 is 5.32 Å². The third-order valence-corrected chi connectivity index (χ3v) is 4.84. The number of esters is 1. The largest absolute Gasteiger partial charge is 0.465 e. The maximum Gasteiger partial charge on any atom is 0.339 e. The van der Waals surface area contributed by atoms with E-state index in [2.05, 4.69) is 20.3 Å². The van der Waals surface area contributed by atoms with E-state index in [4.69, 9.17) is 16.0 Å². The maximum absolute atomic E-state index is 12.2. The van der Waals surface area contributed by atoms with Gasteiger partial charge in [0.05, 0.1) is 28.4 Å². The molecule has 0 spiro atoms. The van der Waals surface area contributed by atoms with Crippen LogP contribution in [-0.2, 0) is 9.53 Å². The molecule has 1 amide bonds. The number of nitro groups is 1. The van der Waals surface area contributed by atoms with Crippen LogP contribution in [0.3, 0.4) is 0 Å². The Balaban J connectivity index is 1.62. The Morgan fingerprint density at radius 2 is 2.07 bits per heavy atom. The SMILES string of the molecule is COC(=O)c1cc(NC(=O)CSc2nnc(-c3cccc([N+](=O)[O-])c3)o2)ccc1Cl. The summed E-state index contributed by atoms with van der Waals surface area (Å²) >= 11 is 6.93. The lowest BCUT2D eigenvalue weighted by atomic mass is 10.2. The second kappa shape index (κ2) is 9.37. The molecular formula is C18H13ClN4O6S. The van der Waals surface area contributed by atoms with Gasteiger partial charge in [0.2, 0.25) is 11.8 Å². The van der Waals surface area contributed by atoms with Crippen molar-refractivity contribution in [2.24, 2.45) is 0 Å². The van der Waals surface area contributed by atoms with Crippen LogP contribution in [0.1, 0.15) is 10.4 Å². The Hall–Kier alpha value is -3.44. The number of nitrogens with one attached hydrogen (secondary N) is 1. The number of nitro benzene ring substituents is 1. The van der Waals surface area contributed by atoms with Crippen molar-refractivity contribution in [1.82, 2.24) is 10.2 Å². The molecule has 1 aromatic heterocycles. The Morgan fingerprint density at radius 1 is 1.27 bits per heavy atom. The minimum absolute atomic E-state index is 0.0489. The molecule has 0 fully saturated rings. The lowest BCUT2D eigenvalue weighted by Gasteiger charge is -2.07. The summed E-state index contributed by atoms with van der Waals surface area (Å²) in [7, 11) is 1.23. The lowest BCUT2D eigenvalue weighted by molar-refractivity contribution is -0.384. The van der Waals surface area contributed by atoms with Crippen molar-refractivity contribution in [3.63, 3.8) is 0 Å². The zero-order chi connectivity index (χ0) is 21.7. The van der Waals surface area contributed by atoms with Gasteiger partial charge in [-0.05, 0) is 24.3 Å². The summed E-state index contributed by atoms with van der Waals surface area (Å²) in [6.07, 6.45) is 0. The van der Waals surface area contributed by atoms with Gasteiger partial charge in [0.15, 0.2) is 0 Å². The zero-order valence-corrected chi connectivity index (χ0v) is 16.9. The Bertz CT molecular complexity index is 1120. The van der Waals surface area contributed by atoms with E-state index in [-0.39, 0.29) is 39.0 Å². The highest BCUT2D eigenvalue weighted by Crippen LogP contribution is 2.26. The number of carbonyl (C=O) groups excluding carboxylic acids is 2. The summed E-state index contributed by atoms with van der Waals surface area (Å²) in [4.78, 5) is 34.2. The van der Waals surface area contributed by atoms with Gasteiger partial charge in [-0.15, -0.1) is 10.2 Å². The maximum atomic E-state index is 12.2. The summed E-state index contributed by atoms with van der Waals surface area (Å²) in [5.41, 5.74) is 0.786. The fraction of sp³-hybridized carbons (Fsp3) is 0.111. The number of anilines is 1. The van der Waals surface area contributed by atoms with Crippen LogP contribution in [0.15, 0.2) is 52.1 Å². The van der Waals surface area contributed by atoms with Gasteiger partial charge >= 0.3 is 5.97 Å². The fourth-order valence-corrected chi connectivity index (χ4v) is 3.09. The van der Waals surface area contributed by atoms with E-state index in [9.17, 15) is 19.7 Å². The van der Waals surface area contributed by atoms with E-state index < -0.39 is 10.9 Å². The van der Waals surface area contributed by atoms with Gasteiger partial charge < -0.3 is 14.5 Å². The molecule has 0 saturated heterocycles. The highest BCUT2D eigenvalue weighted by Gasteiger charge is 2.15. The molecule has 0 bridgehead atoms. The van der Waals surface area contributed by atoms with Crippen molar-refractivity contribution in [2.75, 3.05) is 18.2 Å². The number of ether oxygens (including phenoxy) is 1. The molecule has 2 aromatic carbocycles. The molecule has 10 nitrogen and oxygen atoms in total. The molecule has 0 saturated carbocycles. The van der Waals surface area contributed by atoms with Gasteiger partial charge in [0.25, 0.3) is 10.9 Å². The number of methoxy groups -OCH3 is 1. The molecule has 0 aliphatic carbocycles. The normalized spacial score (nSPS) is 10.5. The van der Waals surface area contributed by atoms with Crippen molar-refractivity contribution < 1.29 is 23.7 Å². The van der Waals surface area contributed by atoms with E-state index >= 15 is 0 Å². The van der Waals surface area contributed by atoms with E-state index in [1.807, 2.05) is 0 Å². The minimum atomic E-state index is -0.620. The topological polar surface area (TPSA) is 137 Å². The highest BCUT2D eigenvalue weighted by atomic mass is 35.5. The van der Waals surface area contributed by atoms with Crippen LogP contribution in [0.5, 0.6) is 0 Å². The summed E-state index contributed by atoms with van der Waals surface area (Å²) in [6.45, 7) is 0. The summed E-state index contributed by atoms with van der Waals surface area (Å²) in [5.74, 6) is -0.951. The molecule has 0 aliphatic rings. The predicted octanol–water partition coefficient (Wildman–Crippen LogP) is 3.82. The van der Waals surface area contributed by atoms with Gasteiger partial charge in [-0.3, -0.25) is 14.9 Å². The molecule has 1 N–H and O–H groups in total. The average Bonchev–Trinajstić information content (AvgIpc) is 3.22. The standard InChI is InChI=1S/C18H13ClN4O6S/c1-28-17(25)13-8-11(5-6-14(13)19)20-15(24)9-30-18-22-21-16(29-18)10-3-2-4-12(7-10)23(26)27/h2-8H,9H2,1H3,(H,20,24). The van der Waals surface area contributed by atoms with Crippen LogP contribution in [0.25, 0.3) is 11.5 Å². The van der Waals surface area contributed by atoms with Crippen molar-refractivity contribution in [3.8, 4) is 11.5 Å². The number of aromatic nitrogens is 2. The molecule has 0 aliphatic heterocycles. The van der Waals surface area contributed by atoms with Crippen molar-refractivity contribution in [2.45, 2.75) is 5.22 Å². The number of amides is 1. The third kappa shape index (κ3) is 5.13. The number of benzene rings is 2. The second-order valence-corrected chi connectivity index (χ2v) is 7.04. The number of nitrogens with zero attached hydrogens (tertiary/aromatic N) is 3. The molecular weight excluding hydrogens is 436 g/mol. The van der Waals surface area contributed by atoms with E-state index in [1.165, 1.54) is 37.4 Å². The number of rotatable bonds is 7. The average molecular weight is 449 g/mol. The van der Waals surface area contributed by atoms with Crippen LogP contribution in [0, 0.1) is 10.1 Å². The first kappa shape index (κ1) is 21.3. The summed E-state index contributed by atoms with van der Waals surface area (Å²) in [6, 6.07) is 10.2. The number of hydrogen-bond acceptors (Lipinski definition) is 9. The van der Waals surface area contributed by atoms with Crippen molar-refractivity contribution >= 4 is 46.6 Å². The fourth-order valence-electron chi connectivity index (χ4n) is 2.33. The van der Waals surface area contributed by atoms with Gasteiger partial charge in [0, 0.05) is 23.4 Å². The zero-order valence-electron chi connectivity index (χ0n) is 15.3. The molecule has 0 atom stereocenters. The van der Waals surface area contributed by atoms with Crippen LogP contribution >= 0.6 is 23.4 Å². The molecule has 12 heteroatoms. The number of carbonyl (C=O) groups is 2. The quantitative estimate of drug-likeness (QED) is 0.247. The molecule has 3 rings (SSSR count). The Morgan fingerprint density at radius 3 is 2.80 bits per heavy atom. The lowest BCUT2D eigenvalue weighted by Crippen LogP contribution is -2.14. The van der Waals surface area contributed by atoms with Gasteiger partial charge in [-0.25, -0.2) is 4.79 Å². The first-order valence-electron chi connectivity index (χ1n) is 8.26.